The molecule has 0 bridgehead atoms. The van der Waals surface area contributed by atoms with E-state index in [4.69, 9.17) is 4.74 Å². The molecule has 1 atom stereocenters. The molecule has 0 amide bonds. The van der Waals surface area contributed by atoms with E-state index in [1.165, 1.54) is 25.7 Å². The minimum atomic E-state index is 0.480. The van der Waals surface area contributed by atoms with Crippen molar-refractivity contribution in [2.75, 3.05) is 20.7 Å². The van der Waals surface area contributed by atoms with Crippen molar-refractivity contribution >= 4 is 0 Å². The molecule has 0 aliphatic carbocycles. The lowest BCUT2D eigenvalue weighted by atomic mass is 10.1. The standard InChI is InChI=1S/C9H21NO/c1-4-6-9(11-3)7-5-8-10-2/h9-10H,4-8H2,1-3H3. The maximum atomic E-state index is 5.31. The summed E-state index contributed by atoms with van der Waals surface area (Å²) in [6.45, 7) is 3.30. The number of rotatable bonds is 7. The number of hydrogen-bond donors (Lipinski definition) is 1. The Kier molecular flexibility index (Phi) is 7.96. The van der Waals surface area contributed by atoms with E-state index in [-0.39, 0.29) is 0 Å². The van der Waals surface area contributed by atoms with Gasteiger partial charge >= 0.3 is 0 Å². The van der Waals surface area contributed by atoms with E-state index < -0.39 is 0 Å². The molecule has 0 spiro atoms. The monoisotopic (exact) mass is 159 g/mol. The summed E-state index contributed by atoms with van der Waals surface area (Å²) in [5, 5.41) is 3.13. The Bertz CT molecular complexity index is 76.0. The second-order valence-electron chi connectivity index (χ2n) is 2.89. The van der Waals surface area contributed by atoms with Crippen LogP contribution in [0.1, 0.15) is 32.6 Å². The van der Waals surface area contributed by atoms with Crippen molar-refractivity contribution in [1.29, 1.82) is 0 Å². The predicted octanol–water partition coefficient (Wildman–Crippen LogP) is 1.80. The normalized spacial score (nSPS) is 13.4. The van der Waals surface area contributed by atoms with Gasteiger partial charge in [0.25, 0.3) is 0 Å². The van der Waals surface area contributed by atoms with Crippen molar-refractivity contribution in [2.45, 2.75) is 38.7 Å². The fraction of sp³-hybridized carbons (Fsp3) is 1.00. The predicted molar refractivity (Wildman–Crippen MR) is 48.9 cm³/mol. The minimum absolute atomic E-state index is 0.480. The largest absolute Gasteiger partial charge is 0.381 e. The van der Waals surface area contributed by atoms with Gasteiger partial charge in [0, 0.05) is 7.11 Å². The number of ether oxygens (including phenoxy) is 1. The maximum Gasteiger partial charge on any atom is 0.0571 e. The van der Waals surface area contributed by atoms with Gasteiger partial charge in [-0.2, -0.15) is 0 Å². The third-order valence-corrected chi connectivity index (χ3v) is 1.90. The van der Waals surface area contributed by atoms with Crippen LogP contribution in [0.5, 0.6) is 0 Å². The van der Waals surface area contributed by atoms with Gasteiger partial charge in [-0.25, -0.2) is 0 Å². The summed E-state index contributed by atoms with van der Waals surface area (Å²) in [6.07, 6.45) is 5.30. The van der Waals surface area contributed by atoms with Gasteiger partial charge in [-0.1, -0.05) is 13.3 Å². The van der Waals surface area contributed by atoms with Crippen LogP contribution in [-0.4, -0.2) is 26.8 Å². The molecule has 2 heteroatoms. The number of hydrogen-bond acceptors (Lipinski definition) is 2. The molecule has 2 nitrogen and oxygen atoms in total. The van der Waals surface area contributed by atoms with E-state index in [2.05, 4.69) is 12.2 Å². The zero-order chi connectivity index (χ0) is 8.53. The summed E-state index contributed by atoms with van der Waals surface area (Å²) in [4.78, 5) is 0. The highest BCUT2D eigenvalue weighted by Crippen LogP contribution is 2.07. The molecule has 0 aromatic carbocycles. The van der Waals surface area contributed by atoms with Crippen LogP contribution < -0.4 is 5.32 Å². The van der Waals surface area contributed by atoms with Crippen LogP contribution in [0.25, 0.3) is 0 Å². The zero-order valence-electron chi connectivity index (χ0n) is 8.02. The first kappa shape index (κ1) is 10.9. The van der Waals surface area contributed by atoms with Crippen LogP contribution in [0.2, 0.25) is 0 Å². The first-order valence-electron chi connectivity index (χ1n) is 4.52. The molecule has 0 radical (unpaired) electrons. The summed E-state index contributed by atoms with van der Waals surface area (Å²) in [5.41, 5.74) is 0. The van der Waals surface area contributed by atoms with Gasteiger partial charge in [-0.15, -0.1) is 0 Å². The van der Waals surface area contributed by atoms with Crippen LogP contribution in [-0.2, 0) is 4.74 Å². The van der Waals surface area contributed by atoms with Crippen LogP contribution in [0.4, 0.5) is 0 Å². The van der Waals surface area contributed by atoms with E-state index in [9.17, 15) is 0 Å². The van der Waals surface area contributed by atoms with Crippen molar-refractivity contribution in [3.63, 3.8) is 0 Å². The fourth-order valence-corrected chi connectivity index (χ4v) is 1.21. The smallest absolute Gasteiger partial charge is 0.0571 e. The number of nitrogens with one attached hydrogen (secondary N) is 1. The molecule has 68 valence electrons. The van der Waals surface area contributed by atoms with Gasteiger partial charge in [0.2, 0.25) is 0 Å². The summed E-state index contributed by atoms with van der Waals surface area (Å²) in [5.74, 6) is 0. The Morgan fingerprint density at radius 1 is 1.36 bits per heavy atom. The SMILES string of the molecule is CCCC(CCCNC)OC. The molecule has 0 aromatic heterocycles. The molecule has 0 saturated heterocycles. The van der Waals surface area contributed by atoms with Gasteiger partial charge in [-0.05, 0) is 32.9 Å². The molecule has 0 heterocycles. The molecule has 1 N–H and O–H groups in total. The molecule has 11 heavy (non-hydrogen) atoms. The highest BCUT2D eigenvalue weighted by Gasteiger charge is 2.03. The maximum absolute atomic E-state index is 5.31. The molecular weight excluding hydrogens is 138 g/mol. The molecule has 0 aliphatic heterocycles. The van der Waals surface area contributed by atoms with Gasteiger partial charge in [0.15, 0.2) is 0 Å². The first-order valence-corrected chi connectivity index (χ1v) is 4.52. The quantitative estimate of drug-likeness (QED) is 0.572. The van der Waals surface area contributed by atoms with Crippen molar-refractivity contribution in [3.8, 4) is 0 Å². The van der Waals surface area contributed by atoms with Crippen LogP contribution in [0, 0.1) is 0 Å². The summed E-state index contributed by atoms with van der Waals surface area (Å²) >= 11 is 0. The minimum Gasteiger partial charge on any atom is -0.381 e. The topological polar surface area (TPSA) is 21.3 Å². The van der Waals surface area contributed by atoms with Crippen molar-refractivity contribution in [3.05, 3.63) is 0 Å². The third-order valence-electron chi connectivity index (χ3n) is 1.90. The molecule has 0 rings (SSSR count). The molecule has 0 aliphatic rings. The van der Waals surface area contributed by atoms with Gasteiger partial charge in [0.1, 0.15) is 0 Å². The van der Waals surface area contributed by atoms with Crippen LogP contribution in [0.3, 0.4) is 0 Å². The van der Waals surface area contributed by atoms with Crippen molar-refractivity contribution < 1.29 is 4.74 Å². The lowest BCUT2D eigenvalue weighted by molar-refractivity contribution is 0.0857. The average Bonchev–Trinajstić information content (AvgIpc) is 2.03. The highest BCUT2D eigenvalue weighted by atomic mass is 16.5. The van der Waals surface area contributed by atoms with E-state index in [1.807, 2.05) is 7.05 Å². The molecule has 0 fully saturated rings. The average molecular weight is 159 g/mol. The number of methoxy groups -OCH3 is 1. The van der Waals surface area contributed by atoms with Gasteiger partial charge in [-0.3, -0.25) is 0 Å². The van der Waals surface area contributed by atoms with Gasteiger partial charge < -0.3 is 10.1 Å². The zero-order valence-corrected chi connectivity index (χ0v) is 8.02. The second-order valence-corrected chi connectivity index (χ2v) is 2.89. The van der Waals surface area contributed by atoms with Crippen LogP contribution in [0.15, 0.2) is 0 Å². The molecule has 1 unspecified atom stereocenters. The van der Waals surface area contributed by atoms with Crippen LogP contribution >= 0.6 is 0 Å². The molecule has 0 saturated carbocycles. The van der Waals surface area contributed by atoms with E-state index in [0.717, 1.165) is 6.54 Å². The third kappa shape index (κ3) is 6.32. The molecular formula is C9H21NO. The Labute approximate surface area is 70.3 Å². The fourth-order valence-electron chi connectivity index (χ4n) is 1.21. The van der Waals surface area contributed by atoms with Gasteiger partial charge in [0.05, 0.1) is 6.10 Å². The second kappa shape index (κ2) is 8.02. The Hall–Kier alpha value is -0.0800. The Morgan fingerprint density at radius 3 is 2.55 bits per heavy atom. The van der Waals surface area contributed by atoms with Crippen molar-refractivity contribution in [2.24, 2.45) is 0 Å². The van der Waals surface area contributed by atoms with Crippen molar-refractivity contribution in [1.82, 2.24) is 5.32 Å². The summed E-state index contributed by atoms with van der Waals surface area (Å²) in [6, 6.07) is 0. The van der Waals surface area contributed by atoms with E-state index in [0.29, 0.717) is 6.10 Å². The first-order chi connectivity index (χ1) is 5.35. The van der Waals surface area contributed by atoms with E-state index in [1.54, 1.807) is 7.11 Å². The Morgan fingerprint density at radius 2 is 2.09 bits per heavy atom. The molecule has 0 aromatic rings. The lowest BCUT2D eigenvalue weighted by Crippen LogP contribution is -2.14. The highest BCUT2D eigenvalue weighted by molar-refractivity contribution is 4.57. The summed E-state index contributed by atoms with van der Waals surface area (Å²) in [7, 11) is 3.79. The lowest BCUT2D eigenvalue weighted by Gasteiger charge is -2.13. The summed E-state index contributed by atoms with van der Waals surface area (Å²) < 4.78 is 5.31. The van der Waals surface area contributed by atoms with E-state index >= 15 is 0 Å². The Balaban J connectivity index is 3.20.